The van der Waals surface area contributed by atoms with Crippen LogP contribution in [0.4, 0.5) is 0 Å². The van der Waals surface area contributed by atoms with Gasteiger partial charge < -0.3 is 24.6 Å². The van der Waals surface area contributed by atoms with Crippen molar-refractivity contribution in [1.82, 2.24) is 0 Å². The van der Waals surface area contributed by atoms with Gasteiger partial charge in [-0.3, -0.25) is 0 Å². The molecule has 0 bridgehead atoms. The first kappa shape index (κ1) is 30.0. The minimum atomic E-state index is -0.167. The molecular formula is C13H32O2Ti. The molecule has 0 heterocycles. The van der Waals surface area contributed by atoms with Gasteiger partial charge in [-0.15, -0.1) is 0 Å². The maximum atomic E-state index is 8.06. The van der Waals surface area contributed by atoms with Crippen LogP contribution >= 0.6 is 0 Å². The Morgan fingerprint density at radius 2 is 1.19 bits per heavy atom. The van der Waals surface area contributed by atoms with Gasteiger partial charge in [-0.05, 0) is 27.7 Å². The smallest absolute Gasteiger partial charge is 0.394 e. The zero-order valence-corrected chi connectivity index (χ0v) is 13.6. The molecule has 0 unspecified atom stereocenters. The normalized spacial score (nSPS) is 7.88. The van der Waals surface area contributed by atoms with Crippen LogP contribution in [-0.4, -0.2) is 22.4 Å². The van der Waals surface area contributed by atoms with Crippen molar-refractivity contribution < 1.29 is 31.9 Å². The number of aliphatic hydroxyl groups excluding tert-OH is 2. The molecule has 0 rings (SSSR count). The van der Waals surface area contributed by atoms with E-state index in [2.05, 4.69) is 13.8 Å². The second-order valence-corrected chi connectivity index (χ2v) is 3.75. The van der Waals surface area contributed by atoms with Gasteiger partial charge in [-0.2, -0.15) is 6.42 Å². The zero-order valence-electron chi connectivity index (χ0n) is 12.1. The van der Waals surface area contributed by atoms with Crippen molar-refractivity contribution in [3.05, 3.63) is 14.4 Å². The summed E-state index contributed by atoms with van der Waals surface area (Å²) in [4.78, 5) is 0. The maximum Gasteiger partial charge on any atom is 2.00 e. The quantitative estimate of drug-likeness (QED) is 0.466. The molecule has 0 aromatic heterocycles. The fourth-order valence-corrected chi connectivity index (χ4v) is 0.427. The average Bonchev–Trinajstić information content (AvgIpc) is 1.98. The topological polar surface area (TPSA) is 40.5 Å². The fraction of sp³-hybridized carbons (Fsp3) is 0.846. The number of hydrogen-bond donors (Lipinski definition) is 2. The van der Waals surface area contributed by atoms with E-state index < -0.39 is 0 Å². The summed E-state index contributed by atoms with van der Waals surface area (Å²) < 4.78 is 0. The van der Waals surface area contributed by atoms with Crippen LogP contribution in [0.2, 0.25) is 0 Å². The third kappa shape index (κ3) is 206. The Kier molecular flexibility index (Phi) is 55.6. The fourth-order valence-electron chi connectivity index (χ4n) is 0.427. The molecule has 0 aromatic rings. The Balaban J connectivity index is -0.0000000367. The molecule has 100 valence electrons. The van der Waals surface area contributed by atoms with E-state index in [0.717, 1.165) is 6.42 Å². The number of rotatable bonds is 3. The Hall–Kier alpha value is 0.634. The number of unbranched alkanes of at least 4 members (excludes halogenated alkanes) is 3. The van der Waals surface area contributed by atoms with Gasteiger partial charge in [0.05, 0.1) is 0 Å². The van der Waals surface area contributed by atoms with Crippen LogP contribution in [0.3, 0.4) is 0 Å². The van der Waals surface area contributed by atoms with Gasteiger partial charge in [-0.25, -0.2) is 0 Å². The zero-order chi connectivity index (χ0) is 12.0. The van der Waals surface area contributed by atoms with Crippen molar-refractivity contribution >= 4 is 0 Å². The molecule has 0 aliphatic rings. The second-order valence-electron chi connectivity index (χ2n) is 3.75. The monoisotopic (exact) mass is 268 g/mol. The third-order valence-electron chi connectivity index (χ3n) is 0.854. The van der Waals surface area contributed by atoms with E-state index in [1.54, 1.807) is 27.7 Å². The van der Waals surface area contributed by atoms with Gasteiger partial charge in [0, 0.05) is 12.2 Å². The van der Waals surface area contributed by atoms with E-state index in [-0.39, 0.29) is 41.4 Å². The molecule has 0 atom stereocenters. The van der Waals surface area contributed by atoms with Gasteiger partial charge in [0.15, 0.2) is 0 Å². The number of hydrogen-bond acceptors (Lipinski definition) is 2. The first-order valence-electron chi connectivity index (χ1n) is 5.53. The van der Waals surface area contributed by atoms with Crippen LogP contribution in [0.25, 0.3) is 0 Å². The molecule has 0 fully saturated rings. The van der Waals surface area contributed by atoms with Gasteiger partial charge in [-0.1, -0.05) is 26.2 Å². The molecule has 0 aromatic carbocycles. The molecule has 0 saturated heterocycles. The summed E-state index contributed by atoms with van der Waals surface area (Å²) in [6.07, 6.45) is 4.74. The summed E-state index contributed by atoms with van der Waals surface area (Å²) in [5, 5.41) is 16.1. The van der Waals surface area contributed by atoms with E-state index in [1.807, 2.05) is 0 Å². The van der Waals surface area contributed by atoms with E-state index in [0.29, 0.717) is 0 Å². The van der Waals surface area contributed by atoms with Crippen LogP contribution in [0.5, 0.6) is 0 Å². The summed E-state index contributed by atoms with van der Waals surface area (Å²) in [7, 11) is 0. The summed E-state index contributed by atoms with van der Waals surface area (Å²) >= 11 is 0. The Morgan fingerprint density at radius 1 is 0.938 bits per heavy atom. The van der Waals surface area contributed by atoms with Crippen molar-refractivity contribution in [1.29, 1.82) is 0 Å². The molecule has 3 heteroatoms. The molecule has 0 spiro atoms. The van der Waals surface area contributed by atoms with Crippen molar-refractivity contribution in [3.8, 4) is 0 Å². The summed E-state index contributed by atoms with van der Waals surface area (Å²) in [6.45, 7) is 12.8. The summed E-state index contributed by atoms with van der Waals surface area (Å²) in [6, 6.07) is 0. The Morgan fingerprint density at radius 3 is 1.25 bits per heavy atom. The third-order valence-corrected chi connectivity index (χ3v) is 0.854. The SMILES string of the molecule is CC(C)O.CC(C)O.[CH2-]CCCCC.[CH3-].[Ti+2]. The standard InChI is InChI=1S/C6H13.2C3H8O.CH3.Ti/c1-3-5-6-4-2;2*1-3(2)4;;/h1,3-6H2,2H3;2*3-4H,1-2H3;1H3;/q-1;;;-1;+2. The van der Waals surface area contributed by atoms with Crippen LogP contribution in [0.15, 0.2) is 0 Å². The molecular weight excluding hydrogens is 236 g/mol. The van der Waals surface area contributed by atoms with Gasteiger partial charge in [0.1, 0.15) is 0 Å². The van der Waals surface area contributed by atoms with Crippen molar-refractivity contribution in [3.63, 3.8) is 0 Å². The van der Waals surface area contributed by atoms with Gasteiger partial charge in [0.25, 0.3) is 0 Å². The molecule has 2 N–H and O–H groups in total. The molecule has 0 saturated carbocycles. The van der Waals surface area contributed by atoms with Crippen molar-refractivity contribution in [2.24, 2.45) is 0 Å². The minimum Gasteiger partial charge on any atom is -0.394 e. The van der Waals surface area contributed by atoms with Crippen LogP contribution in [0, 0.1) is 14.4 Å². The van der Waals surface area contributed by atoms with Crippen molar-refractivity contribution in [2.45, 2.75) is 72.5 Å². The molecule has 0 radical (unpaired) electrons. The van der Waals surface area contributed by atoms with Crippen molar-refractivity contribution in [2.75, 3.05) is 0 Å². The Bertz CT molecular complexity index is 60.8. The molecule has 0 aliphatic heterocycles. The second kappa shape index (κ2) is 29.6. The van der Waals surface area contributed by atoms with Gasteiger partial charge in [0.2, 0.25) is 0 Å². The summed E-state index contributed by atoms with van der Waals surface area (Å²) in [5.41, 5.74) is 0. The molecule has 0 aliphatic carbocycles. The van der Waals surface area contributed by atoms with Gasteiger partial charge >= 0.3 is 21.7 Å². The first-order chi connectivity index (χ1) is 6.38. The minimum absolute atomic E-state index is 0. The van der Waals surface area contributed by atoms with E-state index in [9.17, 15) is 0 Å². The van der Waals surface area contributed by atoms with Crippen LogP contribution in [-0.2, 0) is 21.7 Å². The average molecular weight is 268 g/mol. The van der Waals surface area contributed by atoms with E-state index in [1.165, 1.54) is 19.3 Å². The molecule has 16 heavy (non-hydrogen) atoms. The molecule has 2 nitrogen and oxygen atoms in total. The first-order valence-corrected chi connectivity index (χ1v) is 5.53. The van der Waals surface area contributed by atoms with E-state index in [4.69, 9.17) is 10.2 Å². The predicted molar refractivity (Wildman–Crippen MR) is 70.6 cm³/mol. The maximum absolute atomic E-state index is 8.06. The summed E-state index contributed by atoms with van der Waals surface area (Å²) in [5.74, 6) is 0. The number of aliphatic hydroxyl groups is 2. The predicted octanol–water partition coefficient (Wildman–Crippen LogP) is 3.62. The van der Waals surface area contributed by atoms with E-state index >= 15 is 0 Å². The largest absolute Gasteiger partial charge is 2.00 e. The van der Waals surface area contributed by atoms with Crippen LogP contribution < -0.4 is 0 Å². The Labute approximate surface area is 119 Å². The molecule has 0 amide bonds. The van der Waals surface area contributed by atoms with Crippen LogP contribution in [0.1, 0.15) is 60.3 Å².